The summed E-state index contributed by atoms with van der Waals surface area (Å²) in [6.45, 7) is 32.0. The van der Waals surface area contributed by atoms with E-state index >= 15 is 0 Å². The van der Waals surface area contributed by atoms with Crippen LogP contribution in [0.2, 0.25) is 5.02 Å². The first-order valence-corrected chi connectivity index (χ1v) is 48.8. The number of nitrogens with one attached hydrogen (secondary N) is 7. The summed E-state index contributed by atoms with van der Waals surface area (Å²) in [4.78, 5) is 13.4. The molecule has 5 aliphatic carbocycles. The van der Waals surface area contributed by atoms with Gasteiger partial charge in [0.2, 0.25) is 0 Å². The molecule has 6 aromatic carbocycles. The molecule has 1 aliphatic heterocycles. The second-order valence-corrected chi connectivity index (χ2v) is 42.9. The van der Waals surface area contributed by atoms with Crippen molar-refractivity contribution in [2.75, 3.05) is 95.5 Å². The van der Waals surface area contributed by atoms with E-state index in [0.29, 0.717) is 108 Å². The van der Waals surface area contributed by atoms with E-state index in [-0.39, 0.29) is 40.7 Å². The predicted octanol–water partition coefficient (Wildman–Crippen LogP) is 23.5. The molecule has 12 rings (SSSR count). The lowest BCUT2D eigenvalue weighted by Crippen LogP contribution is -2.59. The van der Waals surface area contributed by atoms with Gasteiger partial charge in [0.15, 0.2) is 0 Å². The molecule has 0 spiro atoms. The van der Waals surface area contributed by atoms with Crippen LogP contribution >= 0.6 is 11.6 Å². The Kier molecular flexibility index (Phi) is 44.3. The molecule has 6 fully saturated rings. The molecule has 1 heterocycles. The second-order valence-electron chi connectivity index (χ2n) is 42.4. The van der Waals surface area contributed by atoms with Gasteiger partial charge in [-0.15, -0.1) is 13.2 Å². The van der Waals surface area contributed by atoms with Crippen molar-refractivity contribution in [1.82, 2.24) is 61.7 Å². The maximum absolute atomic E-state index is 12.9. The van der Waals surface area contributed by atoms with E-state index in [1.807, 2.05) is 39.3 Å². The number of alkyl halides is 12. The number of piperidine rings is 1. The van der Waals surface area contributed by atoms with Crippen LogP contribution in [0.1, 0.15) is 274 Å². The first-order valence-electron chi connectivity index (χ1n) is 48.5. The first kappa shape index (κ1) is 114. The van der Waals surface area contributed by atoms with Crippen LogP contribution in [0.4, 0.5) is 58.4 Å². The zero-order valence-electron chi connectivity index (χ0n) is 84.3. The number of rotatable bonds is 23. The molecule has 750 valence electrons. The maximum Gasteiger partial charge on any atom is 0.573 e. The molecule has 6 aliphatic rings. The average molecular weight is 1900 g/mol. The van der Waals surface area contributed by atoms with Crippen molar-refractivity contribution in [3.8, 4) is 5.75 Å². The van der Waals surface area contributed by atoms with Gasteiger partial charge in [0, 0.05) is 132 Å². The van der Waals surface area contributed by atoms with E-state index in [0.717, 1.165) is 111 Å². The van der Waals surface area contributed by atoms with Gasteiger partial charge >= 0.3 is 24.9 Å². The van der Waals surface area contributed by atoms with Crippen LogP contribution < -0.4 is 46.9 Å². The smallest absolute Gasteiger partial charge is 0.406 e. The largest absolute Gasteiger partial charge is 0.573 e. The van der Waals surface area contributed by atoms with E-state index in [2.05, 4.69) is 273 Å². The van der Waals surface area contributed by atoms with Crippen LogP contribution in [-0.4, -0.2) is 229 Å². The minimum atomic E-state index is -4.65. The van der Waals surface area contributed by atoms with Gasteiger partial charge in [-0.1, -0.05) is 158 Å². The van der Waals surface area contributed by atoms with Crippen LogP contribution in [0, 0.1) is 0 Å². The Balaban J connectivity index is 0.000000218. The molecule has 5 saturated carbocycles. The molecule has 27 heteroatoms. The Morgan fingerprint density at radius 3 is 1.07 bits per heavy atom. The number of benzene rings is 6. The predicted molar refractivity (Wildman–Crippen MR) is 527 cm³/mol. The van der Waals surface area contributed by atoms with Crippen LogP contribution in [0.3, 0.4) is 0 Å². The maximum atomic E-state index is 12.9. The Hall–Kier alpha value is -6.11. The zero-order valence-corrected chi connectivity index (χ0v) is 85.0. The van der Waals surface area contributed by atoms with Crippen molar-refractivity contribution in [3.63, 3.8) is 0 Å². The molecule has 0 unspecified atom stereocenters. The third kappa shape index (κ3) is 38.2. The molecule has 0 radical (unpaired) electrons. The lowest BCUT2D eigenvalue weighted by atomic mass is 9.77. The third-order valence-electron chi connectivity index (χ3n) is 26.9. The highest BCUT2D eigenvalue weighted by atomic mass is 35.5. The van der Waals surface area contributed by atoms with Crippen molar-refractivity contribution >= 4 is 17.3 Å². The molecule has 133 heavy (non-hydrogen) atoms. The van der Waals surface area contributed by atoms with E-state index in [1.54, 1.807) is 24.3 Å². The molecule has 17 atom stereocenters. The van der Waals surface area contributed by atoms with Crippen LogP contribution in [-0.2, 0) is 18.5 Å². The van der Waals surface area contributed by atoms with Gasteiger partial charge in [-0.25, -0.2) is 0 Å². The molecule has 0 amide bonds. The second kappa shape index (κ2) is 51.7. The average Bonchev–Trinajstić information content (AvgIpc) is 0.740. The monoisotopic (exact) mass is 1900 g/mol. The van der Waals surface area contributed by atoms with Crippen LogP contribution in [0.25, 0.3) is 0 Å². The summed E-state index contributed by atoms with van der Waals surface area (Å²) in [6.07, 6.45) is -0.411. The molecule has 0 aromatic heterocycles. The highest BCUT2D eigenvalue weighted by molar-refractivity contribution is 6.30. The van der Waals surface area contributed by atoms with Gasteiger partial charge in [0.05, 0.1) is 16.7 Å². The third-order valence-corrected chi connectivity index (χ3v) is 27.1. The van der Waals surface area contributed by atoms with E-state index in [4.69, 9.17) is 11.6 Å². The number of likely N-dealkylation sites (N-methyl/N-ethyl adjacent to an activating group) is 6. The quantitative estimate of drug-likeness (QED) is 0.0309. The Bertz CT molecular complexity index is 4300. The summed E-state index contributed by atoms with van der Waals surface area (Å²) in [5.41, 5.74) is 4.82. The van der Waals surface area contributed by atoms with E-state index < -0.39 is 41.6 Å². The fourth-order valence-electron chi connectivity index (χ4n) is 20.8. The van der Waals surface area contributed by atoms with Crippen molar-refractivity contribution in [2.45, 2.75) is 362 Å². The Labute approximate surface area is 796 Å². The van der Waals surface area contributed by atoms with Gasteiger partial charge in [-0.05, 0) is 340 Å². The molecule has 6 aromatic rings. The van der Waals surface area contributed by atoms with E-state index in [1.165, 1.54) is 98.2 Å². The molecular weight excluding hydrogens is 1730 g/mol. The van der Waals surface area contributed by atoms with Gasteiger partial charge in [0.25, 0.3) is 0 Å². The SMILES string of the molecule is CC(C)N[C@H]1CCN(c2cccc(C(F)(F)F)c2)C[C@@H]1N(C)C.CC(C)N[C@H]1CC[C@H](c2ccc(C(F)(F)F)cc2)C[C@@H]1N(C)C.CC(C)N[C@H]1CC[C@H](c2cccc(Cl)c2)C[C@@H]1N(C)C.CN(C)[C@H]1C[C@@H](c2cccc(OC(F)(F)F)c2)CC[C@@H]1NC(C)(C)C.CN(C)[C@H]1C[C@@H](c2ccccc2)CC[C@@H]1NC(C)(C)C.CN[C@H]1C[C@@H](c2cccc(C(F)(F)F)c2)CC[C@@H]1NC(C)C. The Morgan fingerprint density at radius 2 is 0.669 bits per heavy atom. The molecule has 0 bridgehead atoms. The number of hydrogen-bond acceptors (Lipinski definition) is 14. The number of hydrogen-bond donors (Lipinski definition) is 7. The molecule has 7 N–H and O–H groups in total. The van der Waals surface area contributed by atoms with Crippen LogP contribution in [0.15, 0.2) is 152 Å². The number of halogens is 13. The first-order chi connectivity index (χ1) is 61.9. The highest BCUT2D eigenvalue weighted by Crippen LogP contribution is 2.44. The highest BCUT2D eigenvalue weighted by Gasteiger charge is 2.42. The normalized spacial score (nSPS) is 25.9. The van der Waals surface area contributed by atoms with Crippen molar-refractivity contribution < 1.29 is 57.4 Å². The molecular formula is C106H164ClF12N13O. The van der Waals surface area contributed by atoms with Crippen molar-refractivity contribution in [1.29, 1.82) is 0 Å². The van der Waals surface area contributed by atoms with Gasteiger partial charge < -0.3 is 71.4 Å². The van der Waals surface area contributed by atoms with Gasteiger partial charge in [-0.3, -0.25) is 0 Å². The summed E-state index contributed by atoms with van der Waals surface area (Å²) >= 11 is 6.14. The van der Waals surface area contributed by atoms with Crippen molar-refractivity contribution in [2.24, 2.45) is 0 Å². The summed E-state index contributed by atoms with van der Waals surface area (Å²) < 4.78 is 157. The number of ether oxygens (including phenoxy) is 1. The zero-order chi connectivity index (χ0) is 99.0. The molecule has 1 saturated heterocycles. The lowest BCUT2D eigenvalue weighted by Gasteiger charge is -2.43. The summed E-state index contributed by atoms with van der Waals surface area (Å²) in [7, 11) is 23.1. The standard InChI is InChI=1S/C19H29F3N2O.C18H27F3N2.C18H30N2.C17H27ClN2.C17H26F3N3.C17H25F3N2/c1-18(2,3)23-16-10-9-14(12-17(16)24(4)5)13-7-6-8-15(11-13)25-19(20,21)22;1-12(2)22-16-10-7-14(11-17(16)23(3)4)13-5-8-15(9-6-13)18(19,20)21;1-18(2,3)19-16-12-11-15(13-17(16)20(4)5)14-9-7-6-8-10-14;1-12(2)19-16-9-8-14(11-17(16)20(3)4)13-6-5-7-15(18)10-13;1-12(2)21-15-8-9-23(11-16(15)22(3)4)14-7-5-6-13(10-14)17(18,19)20;1-11(2)22-15-8-7-13(10-16(15)21-3)12-5-4-6-14(9-12)17(18,19)20/h6-8,11,14,16-17,23H,9-10,12H2,1-5H3;5-6,8-9,12,14,16-17,22H,7,10-11H2,1-4H3;6-10,15-17,19H,11-13H2,1-5H3;5-7,10,12,14,16-17,19H,8-9,11H2,1-4H3;5-7,10,12,15-16,21H,8-9,11H2,1-4H3;4-6,9,11,13,15-16,21-22H,7-8,10H2,1-3H3/t2*14-,16-,17-;15-,16-,17-;14-,16-,17-;15-,16-;13-,15-,16-/m000000/s1. The summed E-state index contributed by atoms with van der Waals surface area (Å²) in [5.74, 6) is 1.95. The Morgan fingerprint density at radius 1 is 0.331 bits per heavy atom. The minimum Gasteiger partial charge on any atom is -0.406 e. The number of anilines is 1. The van der Waals surface area contributed by atoms with Gasteiger partial charge in [-0.2, -0.15) is 39.5 Å². The van der Waals surface area contributed by atoms with E-state index in [9.17, 15) is 52.7 Å². The fraction of sp³-hybridized carbons (Fsp3) is 0.660. The topological polar surface area (TPSA) is 113 Å². The summed E-state index contributed by atoms with van der Waals surface area (Å²) in [6, 6.07) is 50.0. The fourth-order valence-corrected chi connectivity index (χ4v) is 20.9. The minimum absolute atomic E-state index is 0.0340. The number of nitrogens with zero attached hydrogens (tertiary/aromatic N) is 6. The van der Waals surface area contributed by atoms with Crippen molar-refractivity contribution in [3.05, 3.63) is 201 Å². The summed E-state index contributed by atoms with van der Waals surface area (Å²) in [5, 5.41) is 26.2. The van der Waals surface area contributed by atoms with Crippen LogP contribution in [0.5, 0.6) is 5.75 Å². The molecule has 14 nitrogen and oxygen atoms in total. The lowest BCUT2D eigenvalue weighted by molar-refractivity contribution is -0.274. The van der Waals surface area contributed by atoms with Gasteiger partial charge in [0.1, 0.15) is 5.75 Å².